The van der Waals surface area contributed by atoms with Gasteiger partial charge in [0.15, 0.2) is 0 Å². The lowest BCUT2D eigenvalue weighted by molar-refractivity contribution is -0.136. The summed E-state index contributed by atoms with van der Waals surface area (Å²) in [6, 6.07) is 7.59. The van der Waals surface area contributed by atoms with Crippen molar-refractivity contribution in [3.8, 4) is 17.1 Å². The van der Waals surface area contributed by atoms with E-state index in [1.165, 1.54) is 0 Å². The number of methoxy groups -OCH3 is 1. The molecule has 2 atom stereocenters. The monoisotopic (exact) mass is 343 g/mol. The van der Waals surface area contributed by atoms with Gasteiger partial charge in [-0.3, -0.25) is 4.79 Å². The third-order valence-corrected chi connectivity index (χ3v) is 4.89. The average Bonchev–Trinajstić information content (AvgIpc) is 3.17. The molecule has 3 rings (SSSR count). The molecule has 0 aliphatic carbocycles. The highest BCUT2D eigenvalue weighted by Crippen LogP contribution is 2.29. The molecule has 1 aliphatic heterocycles. The second-order valence-corrected chi connectivity index (χ2v) is 6.62. The highest BCUT2D eigenvalue weighted by molar-refractivity contribution is 5.78. The molecule has 2 aromatic rings. The minimum Gasteiger partial charge on any atom is -0.497 e. The number of carbonyl (C=O) groups excluding carboxylic acids is 1. The van der Waals surface area contributed by atoms with Crippen molar-refractivity contribution in [1.82, 2.24) is 15.0 Å². The topological polar surface area (TPSA) is 68.5 Å². The van der Waals surface area contributed by atoms with Crippen LogP contribution in [0.25, 0.3) is 11.4 Å². The summed E-state index contributed by atoms with van der Waals surface area (Å²) < 4.78 is 10.7. The Morgan fingerprint density at radius 2 is 2.32 bits per heavy atom. The number of likely N-dealkylation sites (tertiary alicyclic amines) is 1. The smallest absolute Gasteiger partial charge is 0.231 e. The van der Waals surface area contributed by atoms with Gasteiger partial charge in [0.25, 0.3) is 0 Å². The Kier molecular flexibility index (Phi) is 5.36. The molecule has 1 saturated heterocycles. The lowest BCUT2D eigenvalue weighted by atomic mass is 9.96. The maximum Gasteiger partial charge on any atom is 0.231 e. The van der Waals surface area contributed by atoms with Crippen molar-refractivity contribution < 1.29 is 14.1 Å². The summed E-state index contributed by atoms with van der Waals surface area (Å²) in [4.78, 5) is 19.0. The lowest BCUT2D eigenvalue weighted by Crippen LogP contribution is -2.41. The Morgan fingerprint density at radius 1 is 1.48 bits per heavy atom. The van der Waals surface area contributed by atoms with Crippen LogP contribution in [-0.4, -0.2) is 41.1 Å². The van der Waals surface area contributed by atoms with E-state index in [4.69, 9.17) is 9.26 Å². The number of benzene rings is 1. The molecule has 1 aliphatic rings. The van der Waals surface area contributed by atoms with E-state index in [1.54, 1.807) is 7.11 Å². The van der Waals surface area contributed by atoms with Crippen LogP contribution in [0.4, 0.5) is 0 Å². The largest absolute Gasteiger partial charge is 0.497 e. The Labute approximate surface area is 148 Å². The van der Waals surface area contributed by atoms with E-state index < -0.39 is 0 Å². The summed E-state index contributed by atoms with van der Waals surface area (Å²) in [5.41, 5.74) is 0.859. The first kappa shape index (κ1) is 17.5. The fraction of sp³-hybridized carbons (Fsp3) is 0.526. The second kappa shape index (κ2) is 7.68. The molecule has 25 heavy (non-hydrogen) atoms. The third-order valence-electron chi connectivity index (χ3n) is 4.89. The number of aromatic nitrogens is 2. The molecule has 1 amide bonds. The number of carbonyl (C=O) groups is 1. The van der Waals surface area contributed by atoms with Crippen molar-refractivity contribution in [2.24, 2.45) is 5.92 Å². The third kappa shape index (κ3) is 3.83. The maximum atomic E-state index is 12.4. The van der Waals surface area contributed by atoms with Gasteiger partial charge in [-0.1, -0.05) is 31.1 Å². The van der Waals surface area contributed by atoms with Crippen LogP contribution in [0.15, 0.2) is 28.8 Å². The van der Waals surface area contributed by atoms with E-state index in [-0.39, 0.29) is 17.7 Å². The first-order valence-electron chi connectivity index (χ1n) is 8.89. The first-order valence-corrected chi connectivity index (χ1v) is 8.89. The van der Waals surface area contributed by atoms with Gasteiger partial charge in [0.1, 0.15) is 5.75 Å². The molecule has 0 bridgehead atoms. The summed E-state index contributed by atoms with van der Waals surface area (Å²) in [6.07, 6.45) is 2.79. The second-order valence-electron chi connectivity index (χ2n) is 6.62. The number of piperidine rings is 1. The summed E-state index contributed by atoms with van der Waals surface area (Å²) in [5, 5.41) is 4.11. The zero-order valence-corrected chi connectivity index (χ0v) is 15.1. The molecular formula is C19H25N3O3. The number of amides is 1. The number of rotatable bonds is 5. The number of hydrogen-bond acceptors (Lipinski definition) is 5. The van der Waals surface area contributed by atoms with Crippen LogP contribution in [-0.2, 0) is 4.79 Å². The zero-order chi connectivity index (χ0) is 17.8. The van der Waals surface area contributed by atoms with Crippen molar-refractivity contribution in [3.63, 3.8) is 0 Å². The van der Waals surface area contributed by atoms with Gasteiger partial charge in [-0.05, 0) is 31.4 Å². The fourth-order valence-electron chi connectivity index (χ4n) is 3.15. The summed E-state index contributed by atoms with van der Waals surface area (Å²) in [5.74, 6) is 2.31. The van der Waals surface area contributed by atoms with Crippen molar-refractivity contribution in [1.29, 1.82) is 0 Å². The van der Waals surface area contributed by atoms with Gasteiger partial charge in [0.05, 0.1) is 13.0 Å². The number of nitrogens with zero attached hydrogens (tertiary/aromatic N) is 3. The fourth-order valence-corrected chi connectivity index (χ4v) is 3.15. The highest BCUT2D eigenvalue weighted by atomic mass is 16.5. The van der Waals surface area contributed by atoms with Crippen LogP contribution in [0.2, 0.25) is 0 Å². The SMILES string of the molecule is CC[C@H](C)C(=O)N1CCC[C@H](c2nc(-c3cccc(OC)c3)no2)C1. The van der Waals surface area contributed by atoms with Crippen molar-refractivity contribution in [2.75, 3.05) is 20.2 Å². The van der Waals surface area contributed by atoms with Gasteiger partial charge in [-0.25, -0.2) is 0 Å². The van der Waals surface area contributed by atoms with E-state index in [2.05, 4.69) is 10.1 Å². The summed E-state index contributed by atoms with van der Waals surface area (Å²) >= 11 is 0. The van der Waals surface area contributed by atoms with Crippen LogP contribution in [0.5, 0.6) is 5.75 Å². The lowest BCUT2D eigenvalue weighted by Gasteiger charge is -2.32. The van der Waals surface area contributed by atoms with Crippen LogP contribution >= 0.6 is 0 Å². The van der Waals surface area contributed by atoms with Crippen LogP contribution in [0, 0.1) is 5.92 Å². The molecule has 0 N–H and O–H groups in total. The quantitative estimate of drug-likeness (QED) is 0.831. The van der Waals surface area contributed by atoms with Gasteiger partial charge in [-0.15, -0.1) is 0 Å². The van der Waals surface area contributed by atoms with Crippen LogP contribution in [0.1, 0.15) is 44.9 Å². The molecule has 2 heterocycles. The highest BCUT2D eigenvalue weighted by Gasteiger charge is 2.30. The summed E-state index contributed by atoms with van der Waals surface area (Å²) in [7, 11) is 1.63. The van der Waals surface area contributed by atoms with E-state index in [1.807, 2.05) is 43.0 Å². The van der Waals surface area contributed by atoms with Crippen LogP contribution < -0.4 is 4.74 Å². The van der Waals surface area contributed by atoms with Gasteiger partial charge >= 0.3 is 0 Å². The first-order chi connectivity index (χ1) is 12.1. The van der Waals surface area contributed by atoms with E-state index >= 15 is 0 Å². The molecule has 0 spiro atoms. The van der Waals surface area contributed by atoms with E-state index in [0.29, 0.717) is 18.3 Å². The van der Waals surface area contributed by atoms with Crippen molar-refractivity contribution in [2.45, 2.75) is 39.0 Å². The molecule has 1 aromatic heterocycles. The molecular weight excluding hydrogens is 318 g/mol. The normalized spacial score (nSPS) is 18.8. The molecule has 1 aromatic carbocycles. The van der Waals surface area contributed by atoms with Crippen LogP contribution in [0.3, 0.4) is 0 Å². The molecule has 0 unspecified atom stereocenters. The maximum absolute atomic E-state index is 12.4. The summed E-state index contributed by atoms with van der Waals surface area (Å²) in [6.45, 7) is 5.50. The Morgan fingerprint density at radius 3 is 3.08 bits per heavy atom. The molecule has 6 nitrogen and oxygen atoms in total. The minimum atomic E-state index is 0.0637. The minimum absolute atomic E-state index is 0.0637. The Bertz CT molecular complexity index is 728. The average molecular weight is 343 g/mol. The molecule has 0 radical (unpaired) electrons. The molecule has 1 fully saturated rings. The Balaban J connectivity index is 1.74. The van der Waals surface area contributed by atoms with Crippen molar-refractivity contribution >= 4 is 5.91 Å². The zero-order valence-electron chi connectivity index (χ0n) is 15.1. The molecule has 134 valence electrons. The van der Waals surface area contributed by atoms with E-state index in [9.17, 15) is 4.79 Å². The number of hydrogen-bond donors (Lipinski definition) is 0. The number of ether oxygens (including phenoxy) is 1. The molecule has 0 saturated carbocycles. The standard InChI is InChI=1S/C19H25N3O3/c1-4-13(2)19(23)22-10-6-8-15(12-22)18-20-17(21-25-18)14-7-5-9-16(11-14)24-3/h5,7,9,11,13,15H,4,6,8,10,12H2,1-3H3/t13-,15-/m0/s1. The predicted octanol–water partition coefficient (Wildman–Crippen LogP) is 3.50. The van der Waals surface area contributed by atoms with Gasteiger partial charge < -0.3 is 14.2 Å². The van der Waals surface area contributed by atoms with Gasteiger partial charge in [-0.2, -0.15) is 4.98 Å². The van der Waals surface area contributed by atoms with Crippen molar-refractivity contribution in [3.05, 3.63) is 30.2 Å². The molecule has 6 heteroatoms. The van der Waals surface area contributed by atoms with E-state index in [0.717, 1.165) is 37.1 Å². The predicted molar refractivity (Wildman–Crippen MR) is 94.3 cm³/mol. The van der Waals surface area contributed by atoms with Gasteiger partial charge in [0.2, 0.25) is 17.6 Å². The van der Waals surface area contributed by atoms with Gasteiger partial charge in [0, 0.05) is 24.6 Å². The Hall–Kier alpha value is -2.37.